The Balaban J connectivity index is 2.59. The molecule has 0 N–H and O–H groups in total. The second-order valence-corrected chi connectivity index (χ2v) is 4.05. The molecule has 0 amide bonds. The molecule has 18 heavy (non-hydrogen) atoms. The summed E-state index contributed by atoms with van der Waals surface area (Å²) in [6, 6.07) is 0.793. The van der Waals surface area contributed by atoms with E-state index in [1.54, 1.807) is 6.92 Å². The number of aldehydes is 1. The number of rotatable bonds is 1. The fraction of sp³-hybridized carbons (Fsp3) is 0.167. The Morgan fingerprint density at radius 1 is 1.44 bits per heavy atom. The summed E-state index contributed by atoms with van der Waals surface area (Å²) >= 11 is 0. The van der Waals surface area contributed by atoms with E-state index >= 15 is 0 Å². The Labute approximate surface area is 99.4 Å². The summed E-state index contributed by atoms with van der Waals surface area (Å²) in [7, 11) is 0. The van der Waals surface area contributed by atoms with Gasteiger partial charge in [0.05, 0.1) is 10.9 Å². The van der Waals surface area contributed by atoms with Crippen molar-refractivity contribution in [1.82, 2.24) is 4.57 Å². The normalized spacial score (nSPS) is 16.9. The molecule has 4 nitrogen and oxygen atoms in total. The third-order valence-electron chi connectivity index (χ3n) is 3.00. The zero-order valence-electron chi connectivity index (χ0n) is 9.24. The van der Waals surface area contributed by atoms with Gasteiger partial charge in [0.25, 0.3) is 0 Å². The molecule has 0 saturated carbocycles. The highest BCUT2D eigenvalue weighted by Crippen LogP contribution is 2.38. The Morgan fingerprint density at radius 3 is 2.83 bits per heavy atom. The molecule has 1 aliphatic rings. The van der Waals surface area contributed by atoms with Gasteiger partial charge >= 0.3 is 0 Å². The van der Waals surface area contributed by atoms with Crippen LogP contribution in [-0.2, 0) is 0 Å². The molecule has 1 unspecified atom stereocenters. The quantitative estimate of drug-likeness (QED) is 0.728. The van der Waals surface area contributed by atoms with E-state index in [0.717, 1.165) is 6.07 Å². The molecule has 0 fully saturated rings. The van der Waals surface area contributed by atoms with Crippen molar-refractivity contribution in [3.63, 3.8) is 0 Å². The highest BCUT2D eigenvalue weighted by molar-refractivity contribution is 5.90. The number of nitrogens with zero attached hydrogens (tertiary/aromatic N) is 1. The zero-order valence-corrected chi connectivity index (χ0v) is 9.24. The summed E-state index contributed by atoms with van der Waals surface area (Å²) in [5.41, 5.74) is -0.567. The molecule has 0 spiro atoms. The van der Waals surface area contributed by atoms with E-state index in [4.69, 9.17) is 4.74 Å². The van der Waals surface area contributed by atoms with Gasteiger partial charge < -0.3 is 9.30 Å². The third kappa shape index (κ3) is 1.17. The Bertz CT molecular complexity index is 751. The molecule has 2 aromatic rings. The maximum absolute atomic E-state index is 13.6. The number of ether oxygens (including phenoxy) is 1. The lowest BCUT2D eigenvalue weighted by Crippen LogP contribution is -2.14. The molecule has 0 saturated heterocycles. The maximum atomic E-state index is 13.6. The maximum Gasteiger partial charge on any atom is 0.202 e. The number of aromatic nitrogens is 1. The van der Waals surface area contributed by atoms with Crippen molar-refractivity contribution >= 4 is 17.2 Å². The van der Waals surface area contributed by atoms with Crippen LogP contribution in [0.2, 0.25) is 0 Å². The minimum atomic E-state index is -1.17. The van der Waals surface area contributed by atoms with Crippen molar-refractivity contribution in [3.8, 4) is 5.75 Å². The first-order valence-corrected chi connectivity index (χ1v) is 5.23. The van der Waals surface area contributed by atoms with Crippen LogP contribution in [0.5, 0.6) is 5.75 Å². The van der Waals surface area contributed by atoms with Gasteiger partial charge in [-0.25, -0.2) is 4.39 Å². The zero-order chi connectivity index (χ0) is 13.0. The van der Waals surface area contributed by atoms with Crippen LogP contribution in [0.25, 0.3) is 10.9 Å². The second kappa shape index (κ2) is 3.38. The van der Waals surface area contributed by atoms with Crippen molar-refractivity contribution in [2.45, 2.75) is 13.2 Å². The Kier molecular flexibility index (Phi) is 2.04. The van der Waals surface area contributed by atoms with E-state index in [9.17, 15) is 18.4 Å². The molecule has 1 aromatic heterocycles. The standard InChI is InChI=1S/C12H7F2NO3/c1-5-15-3-6(4-16)11(17)7-2-8(13)9(14)12(18-5)10(7)15/h2-5H,1H3. The van der Waals surface area contributed by atoms with Crippen LogP contribution in [0, 0.1) is 11.6 Å². The van der Waals surface area contributed by atoms with Gasteiger partial charge in [-0.1, -0.05) is 0 Å². The number of carbonyl (C=O) groups excluding carboxylic acids is 1. The number of pyridine rings is 1. The molecule has 0 radical (unpaired) electrons. The summed E-state index contributed by atoms with van der Waals surface area (Å²) in [6.07, 6.45) is 1.08. The highest BCUT2D eigenvalue weighted by Gasteiger charge is 2.28. The average molecular weight is 251 g/mol. The number of hydrogen-bond acceptors (Lipinski definition) is 3. The molecule has 1 atom stereocenters. The minimum Gasteiger partial charge on any atom is -0.465 e. The van der Waals surface area contributed by atoms with E-state index < -0.39 is 23.3 Å². The van der Waals surface area contributed by atoms with E-state index in [-0.39, 0.29) is 22.2 Å². The van der Waals surface area contributed by atoms with E-state index in [1.807, 2.05) is 0 Å². The monoisotopic (exact) mass is 251 g/mol. The van der Waals surface area contributed by atoms with Gasteiger partial charge in [-0.05, 0) is 13.0 Å². The van der Waals surface area contributed by atoms with E-state index in [0.29, 0.717) is 6.29 Å². The van der Waals surface area contributed by atoms with Crippen molar-refractivity contribution in [2.24, 2.45) is 0 Å². The molecular formula is C12H7F2NO3. The lowest BCUT2D eigenvalue weighted by atomic mass is 10.1. The number of hydrogen-bond donors (Lipinski definition) is 0. The van der Waals surface area contributed by atoms with Crippen molar-refractivity contribution in [1.29, 1.82) is 0 Å². The first-order chi connectivity index (χ1) is 8.54. The molecule has 3 rings (SSSR count). The molecule has 1 aliphatic heterocycles. The summed E-state index contributed by atoms with van der Waals surface area (Å²) in [5.74, 6) is -2.58. The van der Waals surface area contributed by atoms with Crippen molar-refractivity contribution < 1.29 is 18.3 Å². The minimum absolute atomic E-state index is 0.0575. The Morgan fingerprint density at radius 2 is 2.17 bits per heavy atom. The smallest absolute Gasteiger partial charge is 0.202 e. The van der Waals surface area contributed by atoms with Gasteiger partial charge in [0.15, 0.2) is 29.5 Å². The van der Waals surface area contributed by atoms with Crippen LogP contribution in [0.1, 0.15) is 23.5 Å². The molecule has 6 heteroatoms. The largest absolute Gasteiger partial charge is 0.465 e. The van der Waals surface area contributed by atoms with Gasteiger partial charge in [-0.2, -0.15) is 4.39 Å². The van der Waals surface area contributed by atoms with Crippen LogP contribution in [0.15, 0.2) is 17.1 Å². The first-order valence-electron chi connectivity index (χ1n) is 5.23. The summed E-state index contributed by atoms with van der Waals surface area (Å²) < 4.78 is 33.6. The van der Waals surface area contributed by atoms with Gasteiger partial charge in [0.1, 0.15) is 5.52 Å². The SMILES string of the molecule is CC1Oc2c(F)c(F)cc3c(=O)c(C=O)cn1c23. The fourth-order valence-corrected chi connectivity index (χ4v) is 2.16. The van der Waals surface area contributed by atoms with Crippen LogP contribution in [0.4, 0.5) is 8.78 Å². The highest BCUT2D eigenvalue weighted by atomic mass is 19.2. The molecule has 92 valence electrons. The van der Waals surface area contributed by atoms with Crippen LogP contribution in [-0.4, -0.2) is 10.9 Å². The summed E-state index contributed by atoms with van der Waals surface area (Å²) in [5, 5.41) is -0.0575. The van der Waals surface area contributed by atoms with Gasteiger partial charge in [0.2, 0.25) is 5.82 Å². The predicted octanol–water partition coefficient (Wildman–Crippen LogP) is 2.00. The molecule has 1 aromatic carbocycles. The molecular weight excluding hydrogens is 244 g/mol. The van der Waals surface area contributed by atoms with Gasteiger partial charge in [-0.3, -0.25) is 9.59 Å². The van der Waals surface area contributed by atoms with Crippen molar-refractivity contribution in [3.05, 3.63) is 39.7 Å². The number of benzene rings is 1. The lowest BCUT2D eigenvalue weighted by molar-refractivity contribution is 0.112. The Hall–Kier alpha value is -2.24. The molecule has 0 bridgehead atoms. The van der Waals surface area contributed by atoms with Gasteiger partial charge in [-0.15, -0.1) is 0 Å². The number of carbonyl (C=O) groups is 1. The van der Waals surface area contributed by atoms with E-state index in [2.05, 4.69) is 0 Å². The van der Waals surface area contributed by atoms with Crippen molar-refractivity contribution in [2.75, 3.05) is 0 Å². The predicted molar refractivity (Wildman–Crippen MR) is 58.9 cm³/mol. The second-order valence-electron chi connectivity index (χ2n) is 4.05. The van der Waals surface area contributed by atoms with Gasteiger partial charge in [0, 0.05) is 6.20 Å². The van der Waals surface area contributed by atoms with Crippen LogP contribution < -0.4 is 10.2 Å². The lowest BCUT2D eigenvalue weighted by Gasteiger charge is -2.08. The van der Waals surface area contributed by atoms with Crippen LogP contribution in [0.3, 0.4) is 0 Å². The first kappa shape index (κ1) is 10.9. The van der Waals surface area contributed by atoms with E-state index in [1.165, 1.54) is 10.8 Å². The summed E-state index contributed by atoms with van der Waals surface area (Å²) in [4.78, 5) is 22.7. The molecule has 2 heterocycles. The summed E-state index contributed by atoms with van der Waals surface area (Å²) in [6.45, 7) is 1.61. The fourth-order valence-electron chi connectivity index (χ4n) is 2.16. The van der Waals surface area contributed by atoms with Crippen LogP contribution >= 0.6 is 0 Å². The third-order valence-corrected chi connectivity index (χ3v) is 3.00. The number of halogens is 2. The topological polar surface area (TPSA) is 48.3 Å². The average Bonchev–Trinajstić information content (AvgIpc) is 2.67. The molecule has 0 aliphatic carbocycles.